The third kappa shape index (κ3) is 1.95. The molecule has 3 rings (SSSR count). The largest absolute Gasteiger partial charge is 0.300 e. The van der Waals surface area contributed by atoms with Gasteiger partial charge in [0.1, 0.15) is 0 Å². The normalized spacial score (nSPS) is 11.9. The summed E-state index contributed by atoms with van der Waals surface area (Å²) in [7, 11) is -2.34. The standard InChI is InChI=1S/C12H11N5O2S/c1-17-11(15-16-12(17)20(13,18)19)9-6-7-14-10-5-3-2-4-8(9)10/h2-7H,1H3,(H2,13,18,19). The maximum atomic E-state index is 11.4. The number of sulfonamides is 1. The van der Waals surface area contributed by atoms with E-state index in [1.165, 1.54) is 4.57 Å². The molecule has 2 heterocycles. The lowest BCUT2D eigenvalue weighted by Gasteiger charge is -2.05. The van der Waals surface area contributed by atoms with E-state index in [0.717, 1.165) is 16.5 Å². The van der Waals surface area contributed by atoms with Crippen LogP contribution in [0.15, 0.2) is 41.7 Å². The van der Waals surface area contributed by atoms with Crippen molar-refractivity contribution >= 4 is 20.9 Å². The molecule has 0 bridgehead atoms. The van der Waals surface area contributed by atoms with E-state index in [-0.39, 0.29) is 5.16 Å². The molecule has 20 heavy (non-hydrogen) atoms. The molecule has 8 heteroatoms. The number of fused-ring (bicyclic) bond motifs is 1. The van der Waals surface area contributed by atoms with Crippen molar-refractivity contribution in [1.82, 2.24) is 19.7 Å². The van der Waals surface area contributed by atoms with Gasteiger partial charge in [0, 0.05) is 24.2 Å². The molecule has 2 aromatic heterocycles. The fourth-order valence-electron chi connectivity index (χ4n) is 2.09. The van der Waals surface area contributed by atoms with Crippen LogP contribution in [0, 0.1) is 0 Å². The van der Waals surface area contributed by atoms with Gasteiger partial charge in [0.05, 0.1) is 5.52 Å². The topological polar surface area (TPSA) is 104 Å². The summed E-state index contributed by atoms with van der Waals surface area (Å²) in [5.41, 5.74) is 1.55. The summed E-state index contributed by atoms with van der Waals surface area (Å²) in [5.74, 6) is 0.424. The monoisotopic (exact) mass is 289 g/mol. The number of pyridine rings is 1. The molecule has 0 atom stereocenters. The van der Waals surface area contributed by atoms with Gasteiger partial charge in [-0.05, 0) is 12.1 Å². The molecular formula is C12H11N5O2S. The van der Waals surface area contributed by atoms with Crippen molar-refractivity contribution in [2.45, 2.75) is 5.16 Å². The molecule has 3 aromatic rings. The Bertz CT molecular complexity index is 896. The molecular weight excluding hydrogens is 278 g/mol. The van der Waals surface area contributed by atoms with Crippen LogP contribution in [0.3, 0.4) is 0 Å². The van der Waals surface area contributed by atoms with Crippen molar-refractivity contribution in [3.05, 3.63) is 36.5 Å². The van der Waals surface area contributed by atoms with Crippen molar-refractivity contribution < 1.29 is 8.42 Å². The Morgan fingerprint density at radius 1 is 1.15 bits per heavy atom. The van der Waals surface area contributed by atoms with Gasteiger partial charge in [0.2, 0.25) is 0 Å². The number of primary sulfonamides is 1. The first-order valence-corrected chi connectivity index (χ1v) is 7.29. The van der Waals surface area contributed by atoms with Crippen molar-refractivity contribution in [2.75, 3.05) is 0 Å². The summed E-state index contributed by atoms with van der Waals surface area (Å²) in [6.45, 7) is 0. The Balaban J connectivity index is 2.30. The van der Waals surface area contributed by atoms with Crippen LogP contribution in [0.25, 0.3) is 22.3 Å². The van der Waals surface area contributed by atoms with Crippen LogP contribution in [0.5, 0.6) is 0 Å². The molecule has 0 spiro atoms. The van der Waals surface area contributed by atoms with Gasteiger partial charge < -0.3 is 0 Å². The SMILES string of the molecule is Cn1c(-c2ccnc3ccccc23)nnc1S(N)(=O)=O. The molecule has 0 saturated heterocycles. The highest BCUT2D eigenvalue weighted by atomic mass is 32.2. The van der Waals surface area contributed by atoms with Crippen LogP contribution >= 0.6 is 0 Å². The third-order valence-corrected chi connectivity index (χ3v) is 3.84. The molecule has 1 aromatic carbocycles. The minimum atomic E-state index is -3.90. The molecule has 0 fully saturated rings. The van der Waals surface area contributed by atoms with Crippen LogP contribution in [-0.2, 0) is 17.1 Å². The Labute approximate surface area is 115 Å². The fraction of sp³-hybridized carbons (Fsp3) is 0.0833. The molecule has 0 unspecified atom stereocenters. The van der Waals surface area contributed by atoms with Crippen LogP contribution in [0.1, 0.15) is 0 Å². The van der Waals surface area contributed by atoms with Crippen molar-refractivity contribution in [2.24, 2.45) is 12.2 Å². The fourth-order valence-corrected chi connectivity index (χ4v) is 2.71. The quantitative estimate of drug-likeness (QED) is 0.747. The first-order chi connectivity index (χ1) is 9.48. The second-order valence-electron chi connectivity index (χ2n) is 4.29. The van der Waals surface area contributed by atoms with Crippen LogP contribution in [0.4, 0.5) is 0 Å². The lowest BCUT2D eigenvalue weighted by molar-refractivity contribution is 0.580. The Morgan fingerprint density at radius 2 is 1.90 bits per heavy atom. The summed E-state index contributed by atoms with van der Waals surface area (Å²) in [6.07, 6.45) is 1.64. The average molecular weight is 289 g/mol. The minimum absolute atomic E-state index is 0.270. The number of aromatic nitrogens is 4. The summed E-state index contributed by atoms with van der Waals surface area (Å²) < 4.78 is 24.2. The van der Waals surface area contributed by atoms with E-state index in [0.29, 0.717) is 5.82 Å². The molecule has 7 nitrogen and oxygen atoms in total. The summed E-state index contributed by atoms with van der Waals surface area (Å²) >= 11 is 0. The van der Waals surface area contributed by atoms with E-state index in [4.69, 9.17) is 5.14 Å². The van der Waals surface area contributed by atoms with Gasteiger partial charge in [-0.25, -0.2) is 13.6 Å². The lowest BCUT2D eigenvalue weighted by Crippen LogP contribution is -2.17. The van der Waals surface area contributed by atoms with Crippen LogP contribution in [-0.4, -0.2) is 28.2 Å². The van der Waals surface area contributed by atoms with E-state index >= 15 is 0 Å². The predicted molar refractivity (Wildman–Crippen MR) is 73.1 cm³/mol. The highest BCUT2D eigenvalue weighted by Gasteiger charge is 2.20. The average Bonchev–Trinajstić information content (AvgIpc) is 2.80. The van der Waals surface area contributed by atoms with Crippen molar-refractivity contribution in [3.8, 4) is 11.4 Å². The second kappa shape index (κ2) is 4.36. The first-order valence-electron chi connectivity index (χ1n) is 5.75. The van der Waals surface area contributed by atoms with Crippen molar-refractivity contribution in [3.63, 3.8) is 0 Å². The zero-order valence-corrected chi connectivity index (χ0v) is 11.4. The highest BCUT2D eigenvalue weighted by Crippen LogP contribution is 2.26. The molecule has 0 radical (unpaired) electrons. The Morgan fingerprint density at radius 3 is 2.60 bits per heavy atom. The maximum Gasteiger partial charge on any atom is 0.273 e. The molecule has 0 saturated carbocycles. The first kappa shape index (κ1) is 12.7. The number of nitrogens with zero attached hydrogens (tertiary/aromatic N) is 4. The van der Waals surface area contributed by atoms with E-state index < -0.39 is 10.0 Å². The Hall–Kier alpha value is -2.32. The number of rotatable bonds is 2. The minimum Gasteiger partial charge on any atom is -0.300 e. The summed E-state index contributed by atoms with van der Waals surface area (Å²) in [4.78, 5) is 4.25. The molecule has 0 amide bonds. The predicted octanol–water partition coefficient (Wildman–Crippen LogP) is 0.678. The van der Waals surface area contributed by atoms with Gasteiger partial charge in [-0.15, -0.1) is 10.2 Å². The van der Waals surface area contributed by atoms with Gasteiger partial charge in [-0.1, -0.05) is 18.2 Å². The van der Waals surface area contributed by atoms with E-state index in [1.807, 2.05) is 24.3 Å². The zero-order chi connectivity index (χ0) is 14.3. The number of hydrogen-bond acceptors (Lipinski definition) is 5. The van der Waals surface area contributed by atoms with Crippen LogP contribution < -0.4 is 5.14 Å². The van der Waals surface area contributed by atoms with E-state index in [1.54, 1.807) is 19.3 Å². The summed E-state index contributed by atoms with van der Waals surface area (Å²) in [6, 6.07) is 9.29. The van der Waals surface area contributed by atoms with Gasteiger partial charge in [-0.3, -0.25) is 9.55 Å². The number of nitrogens with two attached hydrogens (primary N) is 1. The van der Waals surface area contributed by atoms with Gasteiger partial charge in [0.15, 0.2) is 5.82 Å². The smallest absolute Gasteiger partial charge is 0.273 e. The third-order valence-electron chi connectivity index (χ3n) is 2.98. The Kier molecular flexibility index (Phi) is 2.77. The molecule has 0 aliphatic heterocycles. The number of hydrogen-bond donors (Lipinski definition) is 1. The summed E-state index contributed by atoms with van der Waals surface area (Å²) in [5, 5.41) is 13.3. The lowest BCUT2D eigenvalue weighted by atomic mass is 10.1. The molecule has 102 valence electrons. The second-order valence-corrected chi connectivity index (χ2v) is 5.74. The van der Waals surface area contributed by atoms with E-state index in [2.05, 4.69) is 15.2 Å². The number of benzene rings is 1. The molecule has 0 aliphatic rings. The van der Waals surface area contributed by atoms with Crippen molar-refractivity contribution in [1.29, 1.82) is 0 Å². The van der Waals surface area contributed by atoms with Crippen LogP contribution in [0.2, 0.25) is 0 Å². The zero-order valence-electron chi connectivity index (χ0n) is 10.6. The van der Waals surface area contributed by atoms with Gasteiger partial charge >= 0.3 is 0 Å². The highest BCUT2D eigenvalue weighted by molar-refractivity contribution is 7.89. The molecule has 0 aliphatic carbocycles. The van der Waals surface area contributed by atoms with Gasteiger partial charge in [-0.2, -0.15) is 0 Å². The number of para-hydroxylation sites is 1. The maximum absolute atomic E-state index is 11.4. The molecule has 2 N–H and O–H groups in total. The van der Waals surface area contributed by atoms with E-state index in [9.17, 15) is 8.42 Å². The van der Waals surface area contributed by atoms with Gasteiger partial charge in [0.25, 0.3) is 15.2 Å².